The number of hydrogen-bond acceptors (Lipinski definition) is 4. The van der Waals surface area contributed by atoms with Crippen LogP contribution in [0.1, 0.15) is 13.8 Å². The van der Waals surface area contributed by atoms with Gasteiger partial charge in [0.2, 0.25) is 0 Å². The number of rotatable bonds is 3. The summed E-state index contributed by atoms with van der Waals surface area (Å²) in [5, 5.41) is 1.01. The van der Waals surface area contributed by atoms with Crippen LogP contribution in [0.3, 0.4) is 0 Å². The van der Waals surface area contributed by atoms with Crippen molar-refractivity contribution in [3.05, 3.63) is 0 Å². The zero-order chi connectivity index (χ0) is 14.9. The Labute approximate surface area is 115 Å². The first-order chi connectivity index (χ1) is 8.80. The second kappa shape index (κ2) is 8.42. The fourth-order valence-corrected chi connectivity index (χ4v) is 1.62. The SMILES string of the molecule is CCOC(=O)NN(CC#C[Si](C)(C)C)C(=O)OCC. The maximum Gasteiger partial charge on any atom is 0.429 e. The van der Waals surface area contributed by atoms with Crippen molar-refractivity contribution in [2.75, 3.05) is 19.8 Å². The topological polar surface area (TPSA) is 67.9 Å². The highest BCUT2D eigenvalue weighted by molar-refractivity contribution is 6.83. The molecule has 19 heavy (non-hydrogen) atoms. The molecule has 0 aliphatic heterocycles. The number of carbonyl (C=O) groups excluding carboxylic acids is 2. The summed E-state index contributed by atoms with van der Waals surface area (Å²) in [6, 6.07) is 0. The molecule has 2 amide bonds. The van der Waals surface area contributed by atoms with Crippen LogP contribution in [0.15, 0.2) is 0 Å². The molecule has 1 N–H and O–H groups in total. The summed E-state index contributed by atoms with van der Waals surface area (Å²) in [5.74, 6) is 2.88. The molecule has 0 saturated carbocycles. The standard InChI is InChI=1S/C12H22N2O4Si/c1-6-17-11(15)13-14(12(16)18-7-2)9-8-10-19(3,4)5/h6-7,9H2,1-5H3,(H,13,15). The summed E-state index contributed by atoms with van der Waals surface area (Å²) >= 11 is 0. The van der Waals surface area contributed by atoms with E-state index < -0.39 is 20.3 Å². The summed E-state index contributed by atoms with van der Waals surface area (Å²) < 4.78 is 9.53. The van der Waals surface area contributed by atoms with Crippen molar-refractivity contribution in [1.82, 2.24) is 10.4 Å². The van der Waals surface area contributed by atoms with Crippen molar-refractivity contribution in [3.8, 4) is 11.5 Å². The Hall–Kier alpha value is -1.68. The van der Waals surface area contributed by atoms with Crippen molar-refractivity contribution in [1.29, 1.82) is 0 Å². The Morgan fingerprint density at radius 2 is 1.74 bits per heavy atom. The molecule has 0 atom stereocenters. The summed E-state index contributed by atoms with van der Waals surface area (Å²) in [7, 11) is -1.52. The Kier molecular flexibility index (Phi) is 7.68. The van der Waals surface area contributed by atoms with Crippen LogP contribution in [0.2, 0.25) is 19.6 Å². The van der Waals surface area contributed by atoms with Crippen LogP contribution in [-0.4, -0.2) is 45.0 Å². The van der Waals surface area contributed by atoms with Crippen molar-refractivity contribution in [2.45, 2.75) is 33.5 Å². The lowest BCUT2D eigenvalue weighted by Crippen LogP contribution is -2.47. The first-order valence-electron chi connectivity index (χ1n) is 6.18. The van der Waals surface area contributed by atoms with Crippen LogP contribution in [0.5, 0.6) is 0 Å². The van der Waals surface area contributed by atoms with E-state index in [1.807, 2.05) is 0 Å². The number of nitrogens with zero attached hydrogens (tertiary/aromatic N) is 1. The van der Waals surface area contributed by atoms with E-state index >= 15 is 0 Å². The second-order valence-corrected chi connectivity index (χ2v) is 9.42. The molecule has 0 heterocycles. The zero-order valence-corrected chi connectivity index (χ0v) is 13.2. The van der Waals surface area contributed by atoms with Gasteiger partial charge in [-0.05, 0) is 13.8 Å². The number of carbonyl (C=O) groups is 2. The van der Waals surface area contributed by atoms with E-state index in [0.717, 1.165) is 5.01 Å². The molecule has 108 valence electrons. The Morgan fingerprint density at radius 1 is 1.16 bits per heavy atom. The minimum Gasteiger partial charge on any atom is -0.449 e. The van der Waals surface area contributed by atoms with Crippen LogP contribution in [0, 0.1) is 11.5 Å². The second-order valence-electron chi connectivity index (χ2n) is 4.67. The normalized spacial score (nSPS) is 9.95. The molecule has 0 spiro atoms. The lowest BCUT2D eigenvalue weighted by molar-refractivity contribution is 0.0799. The first kappa shape index (κ1) is 17.3. The lowest BCUT2D eigenvalue weighted by Gasteiger charge is -2.19. The van der Waals surface area contributed by atoms with Crippen molar-refractivity contribution in [3.63, 3.8) is 0 Å². The largest absolute Gasteiger partial charge is 0.449 e. The number of ether oxygens (including phenoxy) is 2. The van der Waals surface area contributed by atoms with Crippen molar-refractivity contribution < 1.29 is 19.1 Å². The fourth-order valence-electron chi connectivity index (χ4n) is 1.01. The zero-order valence-electron chi connectivity index (χ0n) is 12.2. The smallest absolute Gasteiger partial charge is 0.429 e. The fraction of sp³-hybridized carbons (Fsp3) is 0.667. The van der Waals surface area contributed by atoms with Gasteiger partial charge in [-0.1, -0.05) is 25.6 Å². The highest BCUT2D eigenvalue weighted by atomic mass is 28.3. The number of nitrogens with one attached hydrogen (secondary N) is 1. The van der Waals surface area contributed by atoms with Crippen LogP contribution < -0.4 is 5.43 Å². The third-order valence-electron chi connectivity index (χ3n) is 1.69. The average Bonchev–Trinajstić information content (AvgIpc) is 2.26. The molecule has 0 rings (SSSR count). The molecular weight excluding hydrogens is 264 g/mol. The summed E-state index contributed by atoms with van der Waals surface area (Å²) in [6.07, 6.45) is -1.36. The van der Waals surface area contributed by atoms with Gasteiger partial charge in [-0.2, -0.15) is 0 Å². The van der Waals surface area contributed by atoms with Gasteiger partial charge in [-0.15, -0.1) is 5.54 Å². The Bertz CT molecular complexity index is 368. The molecule has 0 aromatic heterocycles. The van der Waals surface area contributed by atoms with Gasteiger partial charge in [0.05, 0.1) is 13.2 Å². The van der Waals surface area contributed by atoms with E-state index in [0.29, 0.717) is 0 Å². The summed E-state index contributed by atoms with van der Waals surface area (Å²) in [6.45, 7) is 10.2. The molecule has 6 nitrogen and oxygen atoms in total. The van der Waals surface area contributed by atoms with Gasteiger partial charge < -0.3 is 9.47 Å². The Balaban J connectivity index is 4.62. The first-order valence-corrected chi connectivity index (χ1v) is 9.68. The quantitative estimate of drug-likeness (QED) is 0.489. The maximum atomic E-state index is 11.6. The molecule has 0 saturated heterocycles. The van der Waals surface area contributed by atoms with Gasteiger partial charge in [-0.25, -0.2) is 20.0 Å². The van der Waals surface area contributed by atoms with Crippen LogP contribution in [0.4, 0.5) is 9.59 Å². The molecule has 0 radical (unpaired) electrons. The molecule has 0 aromatic rings. The van der Waals surface area contributed by atoms with Crippen LogP contribution in [-0.2, 0) is 9.47 Å². The van der Waals surface area contributed by atoms with E-state index in [9.17, 15) is 9.59 Å². The van der Waals surface area contributed by atoms with Gasteiger partial charge >= 0.3 is 12.2 Å². The highest BCUT2D eigenvalue weighted by Crippen LogP contribution is 1.97. The number of amides is 2. The molecular formula is C12H22N2O4Si. The molecule has 0 unspecified atom stereocenters. The average molecular weight is 286 g/mol. The van der Waals surface area contributed by atoms with E-state index in [1.165, 1.54) is 0 Å². The molecule has 0 aromatic carbocycles. The number of hydrogen-bond donors (Lipinski definition) is 1. The molecule has 0 aliphatic carbocycles. The van der Waals surface area contributed by atoms with Crippen molar-refractivity contribution in [2.24, 2.45) is 0 Å². The van der Waals surface area contributed by atoms with Crippen LogP contribution in [0.25, 0.3) is 0 Å². The van der Waals surface area contributed by atoms with E-state index in [4.69, 9.17) is 9.47 Å². The Morgan fingerprint density at radius 3 is 2.21 bits per heavy atom. The predicted molar refractivity (Wildman–Crippen MR) is 75.0 cm³/mol. The van der Waals surface area contributed by atoms with E-state index in [1.54, 1.807) is 13.8 Å². The molecule has 0 bridgehead atoms. The number of hydrazine groups is 1. The molecule has 0 fully saturated rings. The predicted octanol–water partition coefficient (Wildman–Crippen LogP) is 1.99. The lowest BCUT2D eigenvalue weighted by atomic mass is 10.6. The van der Waals surface area contributed by atoms with Gasteiger partial charge in [-0.3, -0.25) is 0 Å². The van der Waals surface area contributed by atoms with Gasteiger partial charge in [0.1, 0.15) is 14.6 Å². The van der Waals surface area contributed by atoms with E-state index in [-0.39, 0.29) is 19.8 Å². The maximum absolute atomic E-state index is 11.6. The molecule has 0 aliphatic rings. The third-order valence-corrected chi connectivity index (χ3v) is 2.62. The summed E-state index contributed by atoms with van der Waals surface area (Å²) in [4.78, 5) is 22.9. The van der Waals surface area contributed by atoms with Crippen LogP contribution >= 0.6 is 0 Å². The third kappa shape index (κ3) is 8.96. The minimum absolute atomic E-state index is 0.0713. The highest BCUT2D eigenvalue weighted by Gasteiger charge is 2.17. The van der Waals surface area contributed by atoms with Gasteiger partial charge in [0, 0.05) is 0 Å². The minimum atomic E-state index is -1.52. The monoisotopic (exact) mass is 286 g/mol. The van der Waals surface area contributed by atoms with Crippen molar-refractivity contribution >= 4 is 20.3 Å². The van der Waals surface area contributed by atoms with Gasteiger partial charge in [0.15, 0.2) is 0 Å². The van der Waals surface area contributed by atoms with E-state index in [2.05, 4.69) is 36.5 Å². The summed E-state index contributed by atoms with van der Waals surface area (Å²) in [5.41, 5.74) is 5.40. The van der Waals surface area contributed by atoms with Gasteiger partial charge in [0.25, 0.3) is 0 Å². The molecule has 7 heteroatoms.